The molecule has 90 valence electrons. The molecule has 0 bridgehead atoms. The number of hydrogen-bond acceptors (Lipinski definition) is 5. The van der Waals surface area contributed by atoms with Gasteiger partial charge in [-0.2, -0.15) is 0 Å². The first-order valence-electron chi connectivity index (χ1n) is 5.99. The number of aromatic nitrogens is 2. The fourth-order valence-corrected chi connectivity index (χ4v) is 3.15. The molecule has 0 radical (unpaired) electrons. The molecule has 0 spiro atoms. The summed E-state index contributed by atoms with van der Waals surface area (Å²) in [6.45, 7) is 9.75. The van der Waals surface area contributed by atoms with Crippen molar-refractivity contribution >= 4 is 16.5 Å². The van der Waals surface area contributed by atoms with Crippen molar-refractivity contribution in [3.63, 3.8) is 0 Å². The monoisotopic (exact) mass is 240 g/mol. The second kappa shape index (κ2) is 5.10. The maximum atomic E-state index is 4.22. The molecule has 1 saturated heterocycles. The Kier molecular flexibility index (Phi) is 3.76. The van der Waals surface area contributed by atoms with Gasteiger partial charge in [0.2, 0.25) is 5.13 Å². The first kappa shape index (κ1) is 11.8. The Hall–Kier alpha value is -0.680. The second-order valence-electron chi connectivity index (χ2n) is 4.65. The number of nitrogens with one attached hydrogen (secondary N) is 1. The normalized spacial score (nSPS) is 26.2. The maximum absolute atomic E-state index is 4.22. The van der Waals surface area contributed by atoms with E-state index in [4.69, 9.17) is 0 Å². The third-order valence-corrected chi connectivity index (χ3v) is 3.91. The molecule has 1 N–H and O–H groups in total. The zero-order valence-electron chi connectivity index (χ0n) is 10.2. The molecule has 2 unspecified atom stereocenters. The highest BCUT2D eigenvalue weighted by molar-refractivity contribution is 7.15. The molecule has 2 atom stereocenters. The van der Waals surface area contributed by atoms with Crippen LogP contribution in [0.25, 0.3) is 0 Å². The summed E-state index contributed by atoms with van der Waals surface area (Å²) in [6.07, 6.45) is 1.30. The fraction of sp³-hybridized carbons (Fsp3) is 0.818. The molecule has 1 aliphatic heterocycles. The first-order chi connectivity index (χ1) is 7.69. The van der Waals surface area contributed by atoms with Crippen molar-refractivity contribution in [2.45, 2.75) is 39.8 Å². The van der Waals surface area contributed by atoms with Crippen LogP contribution in [0, 0.1) is 5.92 Å². The highest BCUT2D eigenvalue weighted by Crippen LogP contribution is 2.25. The van der Waals surface area contributed by atoms with Crippen molar-refractivity contribution in [3.8, 4) is 0 Å². The van der Waals surface area contributed by atoms with Crippen molar-refractivity contribution in [1.82, 2.24) is 15.1 Å². The van der Waals surface area contributed by atoms with E-state index < -0.39 is 0 Å². The summed E-state index contributed by atoms with van der Waals surface area (Å²) >= 11 is 1.67. The van der Waals surface area contributed by atoms with Gasteiger partial charge < -0.3 is 5.32 Å². The van der Waals surface area contributed by atoms with Crippen LogP contribution in [-0.2, 0) is 6.54 Å². The van der Waals surface area contributed by atoms with E-state index in [1.807, 2.05) is 0 Å². The molecule has 0 saturated carbocycles. The summed E-state index contributed by atoms with van der Waals surface area (Å²) in [6, 6.07) is 0.682. The van der Waals surface area contributed by atoms with E-state index in [0.717, 1.165) is 29.1 Å². The molecule has 1 aliphatic rings. The molecule has 2 rings (SSSR count). The minimum absolute atomic E-state index is 0.682. The summed E-state index contributed by atoms with van der Waals surface area (Å²) in [7, 11) is 0. The van der Waals surface area contributed by atoms with E-state index >= 15 is 0 Å². The van der Waals surface area contributed by atoms with E-state index in [9.17, 15) is 0 Å². The van der Waals surface area contributed by atoms with Crippen LogP contribution in [0.2, 0.25) is 0 Å². The van der Waals surface area contributed by atoms with Gasteiger partial charge in [-0.1, -0.05) is 18.3 Å². The molecule has 1 aromatic heterocycles. The van der Waals surface area contributed by atoms with E-state index in [1.165, 1.54) is 13.0 Å². The Balaban J connectivity index is 1.93. The largest absolute Gasteiger partial charge is 0.360 e. The SMILES string of the molecule is CCNc1nnc(CN2CC(C)CC2C)s1. The molecule has 16 heavy (non-hydrogen) atoms. The quantitative estimate of drug-likeness (QED) is 0.876. The van der Waals surface area contributed by atoms with Gasteiger partial charge in [-0.05, 0) is 26.2 Å². The third kappa shape index (κ3) is 2.71. The van der Waals surface area contributed by atoms with Crippen LogP contribution in [0.4, 0.5) is 5.13 Å². The van der Waals surface area contributed by atoms with Crippen LogP contribution < -0.4 is 5.32 Å². The summed E-state index contributed by atoms with van der Waals surface area (Å²) in [5.41, 5.74) is 0. The third-order valence-electron chi connectivity index (χ3n) is 3.05. The van der Waals surface area contributed by atoms with E-state index in [2.05, 4.69) is 41.2 Å². The average molecular weight is 240 g/mol. The molecule has 0 aliphatic carbocycles. The highest BCUT2D eigenvalue weighted by atomic mass is 32.1. The van der Waals surface area contributed by atoms with Crippen LogP contribution >= 0.6 is 11.3 Å². The molecule has 1 aromatic rings. The van der Waals surface area contributed by atoms with Crippen LogP contribution in [0.5, 0.6) is 0 Å². The van der Waals surface area contributed by atoms with Gasteiger partial charge in [0.25, 0.3) is 0 Å². The number of hydrogen-bond donors (Lipinski definition) is 1. The van der Waals surface area contributed by atoms with Crippen LogP contribution in [0.1, 0.15) is 32.2 Å². The lowest BCUT2D eigenvalue weighted by Crippen LogP contribution is -2.26. The summed E-state index contributed by atoms with van der Waals surface area (Å²) in [5, 5.41) is 13.6. The van der Waals surface area contributed by atoms with Crippen molar-refractivity contribution < 1.29 is 0 Å². The van der Waals surface area contributed by atoms with Gasteiger partial charge in [0.1, 0.15) is 5.01 Å². The van der Waals surface area contributed by atoms with Crippen molar-refractivity contribution in [2.24, 2.45) is 5.92 Å². The number of rotatable bonds is 4. The Morgan fingerprint density at radius 1 is 1.44 bits per heavy atom. The van der Waals surface area contributed by atoms with Crippen LogP contribution in [0.3, 0.4) is 0 Å². The fourth-order valence-electron chi connectivity index (χ4n) is 2.32. The van der Waals surface area contributed by atoms with Crippen molar-refractivity contribution in [3.05, 3.63) is 5.01 Å². The summed E-state index contributed by atoms with van der Waals surface area (Å²) in [4.78, 5) is 2.50. The number of likely N-dealkylation sites (tertiary alicyclic amines) is 1. The second-order valence-corrected chi connectivity index (χ2v) is 5.71. The lowest BCUT2D eigenvalue weighted by molar-refractivity contribution is 0.255. The molecule has 0 aromatic carbocycles. The Morgan fingerprint density at radius 2 is 2.25 bits per heavy atom. The lowest BCUT2D eigenvalue weighted by atomic mass is 10.1. The number of anilines is 1. The van der Waals surface area contributed by atoms with E-state index in [-0.39, 0.29) is 0 Å². The molecular formula is C11H20N4S. The highest BCUT2D eigenvalue weighted by Gasteiger charge is 2.26. The first-order valence-corrected chi connectivity index (χ1v) is 6.81. The molecule has 0 amide bonds. The Morgan fingerprint density at radius 3 is 2.88 bits per heavy atom. The zero-order chi connectivity index (χ0) is 11.5. The predicted octanol–water partition coefficient (Wildman–Crippen LogP) is 2.20. The van der Waals surface area contributed by atoms with Crippen molar-refractivity contribution in [2.75, 3.05) is 18.4 Å². The van der Waals surface area contributed by atoms with Gasteiger partial charge >= 0.3 is 0 Å². The van der Waals surface area contributed by atoms with Gasteiger partial charge in [0.05, 0.1) is 6.54 Å². The van der Waals surface area contributed by atoms with Crippen molar-refractivity contribution in [1.29, 1.82) is 0 Å². The maximum Gasteiger partial charge on any atom is 0.205 e. The lowest BCUT2D eigenvalue weighted by Gasteiger charge is -2.18. The summed E-state index contributed by atoms with van der Waals surface area (Å²) < 4.78 is 0. The van der Waals surface area contributed by atoms with E-state index in [1.54, 1.807) is 11.3 Å². The minimum atomic E-state index is 0.682. The molecule has 1 fully saturated rings. The van der Waals surface area contributed by atoms with Gasteiger partial charge in [-0.15, -0.1) is 10.2 Å². The van der Waals surface area contributed by atoms with Gasteiger partial charge in [-0.25, -0.2) is 0 Å². The van der Waals surface area contributed by atoms with Gasteiger partial charge in [0, 0.05) is 19.1 Å². The molecule has 2 heterocycles. The van der Waals surface area contributed by atoms with E-state index in [0.29, 0.717) is 6.04 Å². The van der Waals surface area contributed by atoms with Crippen LogP contribution in [-0.4, -0.2) is 34.2 Å². The minimum Gasteiger partial charge on any atom is -0.360 e. The number of nitrogens with zero attached hydrogens (tertiary/aromatic N) is 3. The average Bonchev–Trinajstić information content (AvgIpc) is 2.76. The van der Waals surface area contributed by atoms with Gasteiger partial charge in [0.15, 0.2) is 0 Å². The molecular weight excluding hydrogens is 220 g/mol. The summed E-state index contributed by atoms with van der Waals surface area (Å²) in [5.74, 6) is 0.816. The molecule has 5 heteroatoms. The standard InChI is InChI=1S/C11H20N4S/c1-4-12-11-14-13-10(16-11)7-15-6-8(2)5-9(15)3/h8-9H,4-7H2,1-3H3,(H,12,14). The zero-order valence-corrected chi connectivity index (χ0v) is 11.0. The van der Waals surface area contributed by atoms with Crippen LogP contribution in [0.15, 0.2) is 0 Å². The smallest absolute Gasteiger partial charge is 0.205 e. The Bertz CT molecular complexity index is 338. The Labute approximate surface area is 101 Å². The predicted molar refractivity (Wildman–Crippen MR) is 67.7 cm³/mol. The molecule has 4 nitrogen and oxygen atoms in total. The topological polar surface area (TPSA) is 41.1 Å². The van der Waals surface area contributed by atoms with Gasteiger partial charge in [-0.3, -0.25) is 4.90 Å².